The first kappa shape index (κ1) is 39.2. The number of carbonyl (C=O) groups excluding carboxylic acids is 2. The smallest absolute Gasteiger partial charge is 0.138 e. The monoisotopic (exact) mass is 570 g/mol. The van der Waals surface area contributed by atoms with Gasteiger partial charge >= 0.3 is 0 Å². The summed E-state index contributed by atoms with van der Waals surface area (Å²) in [6.07, 6.45) is 2.76. The minimum absolute atomic E-state index is 0.0144. The van der Waals surface area contributed by atoms with Crippen LogP contribution in [0.25, 0.3) is 0 Å². The Labute approximate surface area is 248 Å². The third-order valence-electron chi connectivity index (χ3n) is 7.03. The van der Waals surface area contributed by atoms with Crippen molar-refractivity contribution < 1.29 is 23.8 Å². The van der Waals surface area contributed by atoms with Crippen molar-refractivity contribution in [3.05, 3.63) is 0 Å². The SMILES string of the molecule is CC(CC(=O)C(C)(C)C)CC(C)OCC(COC(C)C)(COC(C)(C)CC(C)CC(=O)C(C)(C)C)NC(C)(C)C. The van der Waals surface area contributed by atoms with Crippen LogP contribution in [0.5, 0.6) is 0 Å². The van der Waals surface area contributed by atoms with E-state index in [0.717, 1.165) is 12.8 Å². The highest BCUT2D eigenvalue weighted by Gasteiger charge is 2.39. The third-order valence-corrected chi connectivity index (χ3v) is 7.03. The summed E-state index contributed by atoms with van der Waals surface area (Å²) in [5.74, 6) is 1.03. The van der Waals surface area contributed by atoms with Crippen molar-refractivity contribution in [1.29, 1.82) is 0 Å². The fraction of sp³-hybridized carbons (Fsp3) is 0.941. The minimum Gasteiger partial charge on any atom is -0.377 e. The molecular weight excluding hydrogens is 502 g/mol. The molecule has 0 bridgehead atoms. The molecule has 0 fully saturated rings. The van der Waals surface area contributed by atoms with Gasteiger partial charge in [0.1, 0.15) is 11.6 Å². The lowest BCUT2D eigenvalue weighted by atomic mass is 9.82. The van der Waals surface area contributed by atoms with Crippen molar-refractivity contribution >= 4 is 11.6 Å². The molecule has 0 aliphatic carbocycles. The van der Waals surface area contributed by atoms with Crippen LogP contribution in [-0.2, 0) is 23.8 Å². The molecule has 4 unspecified atom stereocenters. The van der Waals surface area contributed by atoms with Crippen LogP contribution in [0.4, 0.5) is 0 Å². The predicted octanol–water partition coefficient (Wildman–Crippen LogP) is 7.80. The molecular formula is C34H67NO5. The van der Waals surface area contributed by atoms with Crippen LogP contribution >= 0.6 is 0 Å². The summed E-state index contributed by atoms with van der Waals surface area (Å²) in [5, 5.41) is 3.78. The van der Waals surface area contributed by atoms with Crippen molar-refractivity contribution in [3.63, 3.8) is 0 Å². The van der Waals surface area contributed by atoms with Gasteiger partial charge in [0.05, 0.1) is 43.2 Å². The molecule has 4 atom stereocenters. The highest BCUT2D eigenvalue weighted by Crippen LogP contribution is 2.29. The van der Waals surface area contributed by atoms with Crippen LogP contribution in [0.3, 0.4) is 0 Å². The Kier molecular flexibility index (Phi) is 15.3. The zero-order chi connectivity index (χ0) is 31.7. The van der Waals surface area contributed by atoms with Gasteiger partial charge in [0.25, 0.3) is 0 Å². The first-order valence-electron chi connectivity index (χ1n) is 15.5. The van der Waals surface area contributed by atoms with E-state index in [1.54, 1.807) is 0 Å². The first-order valence-corrected chi connectivity index (χ1v) is 15.5. The molecule has 40 heavy (non-hydrogen) atoms. The number of hydrogen-bond acceptors (Lipinski definition) is 6. The Bertz CT molecular complexity index is 769. The summed E-state index contributed by atoms with van der Waals surface area (Å²) < 4.78 is 19.3. The fourth-order valence-corrected chi connectivity index (χ4v) is 4.92. The summed E-state index contributed by atoms with van der Waals surface area (Å²) >= 11 is 0. The van der Waals surface area contributed by atoms with Crippen LogP contribution in [0, 0.1) is 22.7 Å². The summed E-state index contributed by atoms with van der Waals surface area (Å²) in [5.41, 5.74) is -1.83. The van der Waals surface area contributed by atoms with Gasteiger partial charge in [-0.2, -0.15) is 0 Å². The van der Waals surface area contributed by atoms with E-state index in [9.17, 15) is 9.59 Å². The molecule has 0 saturated carbocycles. The summed E-state index contributed by atoms with van der Waals surface area (Å²) in [6.45, 7) is 34.2. The molecule has 0 aliphatic heterocycles. The summed E-state index contributed by atoms with van der Waals surface area (Å²) in [4.78, 5) is 25.2. The van der Waals surface area contributed by atoms with Crippen LogP contribution in [0.1, 0.15) is 136 Å². The molecule has 0 radical (unpaired) electrons. The number of nitrogens with one attached hydrogen (secondary N) is 1. The number of Topliss-reactive ketones (excluding diaryl/α,β-unsaturated/α-hetero) is 2. The van der Waals surface area contributed by atoms with E-state index in [0.29, 0.717) is 32.7 Å². The Balaban J connectivity index is 5.64. The van der Waals surface area contributed by atoms with Crippen LogP contribution in [-0.4, -0.2) is 60.3 Å². The maximum Gasteiger partial charge on any atom is 0.138 e. The Morgan fingerprint density at radius 3 is 1.52 bits per heavy atom. The van der Waals surface area contributed by atoms with Crippen molar-refractivity contribution in [2.24, 2.45) is 22.7 Å². The molecule has 0 spiro atoms. The van der Waals surface area contributed by atoms with Gasteiger partial charge in [-0.15, -0.1) is 0 Å². The van der Waals surface area contributed by atoms with Gasteiger partial charge in [-0.05, 0) is 80.1 Å². The lowest BCUT2D eigenvalue weighted by Gasteiger charge is -2.43. The van der Waals surface area contributed by atoms with Crippen molar-refractivity contribution in [1.82, 2.24) is 5.32 Å². The zero-order valence-electron chi connectivity index (χ0n) is 29.3. The van der Waals surface area contributed by atoms with Gasteiger partial charge in [0.15, 0.2) is 0 Å². The van der Waals surface area contributed by atoms with Crippen molar-refractivity contribution in [2.45, 2.75) is 165 Å². The van der Waals surface area contributed by atoms with Crippen LogP contribution in [0.15, 0.2) is 0 Å². The molecule has 0 rings (SSSR count). The van der Waals surface area contributed by atoms with Gasteiger partial charge in [-0.25, -0.2) is 0 Å². The lowest BCUT2D eigenvalue weighted by molar-refractivity contribution is -0.129. The van der Waals surface area contributed by atoms with Crippen LogP contribution in [0.2, 0.25) is 0 Å². The number of ether oxygens (including phenoxy) is 3. The maximum absolute atomic E-state index is 12.6. The standard InChI is InChI=1S/C34H67NO5/c1-24(2)38-21-34(35-32(12,13)14,22-39-27(5)17-25(3)18-28(36)30(6,7)8)23-40-33(15,16)20-26(4)19-29(37)31(9,10)11/h24-27,35H,17-23H2,1-16H3. The van der Waals surface area contributed by atoms with E-state index < -0.39 is 11.1 Å². The minimum atomic E-state index is -0.566. The number of ketones is 2. The topological polar surface area (TPSA) is 73.9 Å². The quantitative estimate of drug-likeness (QED) is 0.182. The molecule has 0 aromatic carbocycles. The number of hydrogen-bond donors (Lipinski definition) is 1. The van der Waals surface area contributed by atoms with Gasteiger partial charge in [-0.1, -0.05) is 55.4 Å². The van der Waals surface area contributed by atoms with Gasteiger partial charge in [0, 0.05) is 29.2 Å². The van der Waals surface area contributed by atoms with E-state index in [2.05, 4.69) is 60.7 Å². The molecule has 0 saturated heterocycles. The van der Waals surface area contributed by atoms with Crippen LogP contribution < -0.4 is 5.32 Å². The second-order valence-corrected chi connectivity index (χ2v) is 16.6. The van der Waals surface area contributed by atoms with E-state index in [1.165, 1.54) is 0 Å². The average molecular weight is 570 g/mol. The Morgan fingerprint density at radius 1 is 0.650 bits per heavy atom. The molecule has 0 aromatic heterocycles. The molecule has 238 valence electrons. The van der Waals surface area contributed by atoms with Crippen molar-refractivity contribution in [3.8, 4) is 0 Å². The van der Waals surface area contributed by atoms with Gasteiger partial charge < -0.3 is 19.5 Å². The number of rotatable bonds is 18. The zero-order valence-corrected chi connectivity index (χ0v) is 29.3. The molecule has 0 amide bonds. The Morgan fingerprint density at radius 2 is 1.10 bits per heavy atom. The molecule has 0 heterocycles. The lowest BCUT2D eigenvalue weighted by Crippen LogP contribution is -2.63. The highest BCUT2D eigenvalue weighted by molar-refractivity contribution is 5.84. The second kappa shape index (κ2) is 15.6. The second-order valence-electron chi connectivity index (χ2n) is 16.6. The highest BCUT2D eigenvalue weighted by atomic mass is 16.5. The molecule has 0 aliphatic rings. The summed E-state index contributed by atoms with van der Waals surface area (Å²) in [7, 11) is 0. The normalized spacial score (nSPS) is 17.4. The molecule has 6 nitrogen and oxygen atoms in total. The first-order chi connectivity index (χ1) is 17.8. The van der Waals surface area contributed by atoms with Gasteiger partial charge in [-0.3, -0.25) is 9.59 Å². The van der Waals surface area contributed by atoms with E-state index >= 15 is 0 Å². The van der Waals surface area contributed by atoms with Crippen molar-refractivity contribution in [2.75, 3.05) is 19.8 Å². The molecule has 0 aromatic rings. The fourth-order valence-electron chi connectivity index (χ4n) is 4.92. The van der Waals surface area contributed by atoms with Gasteiger partial charge in [0.2, 0.25) is 0 Å². The molecule has 1 N–H and O–H groups in total. The predicted molar refractivity (Wildman–Crippen MR) is 168 cm³/mol. The maximum atomic E-state index is 12.6. The van der Waals surface area contributed by atoms with E-state index in [4.69, 9.17) is 14.2 Å². The third kappa shape index (κ3) is 17.2. The average Bonchev–Trinajstić information content (AvgIpc) is 2.71. The summed E-state index contributed by atoms with van der Waals surface area (Å²) in [6, 6.07) is 0. The Hall–Kier alpha value is -0.820. The molecule has 6 heteroatoms. The number of carbonyl (C=O) groups is 2. The largest absolute Gasteiger partial charge is 0.377 e. The van der Waals surface area contributed by atoms with E-state index in [1.807, 2.05) is 55.4 Å². The van der Waals surface area contributed by atoms with E-state index in [-0.39, 0.29) is 52.0 Å².